The van der Waals surface area contributed by atoms with Crippen molar-refractivity contribution in [2.24, 2.45) is 5.92 Å². The molecule has 2 rings (SSSR count). The average Bonchev–Trinajstić information content (AvgIpc) is 2.32. The van der Waals surface area contributed by atoms with Crippen LogP contribution in [0.2, 0.25) is 5.02 Å². The number of halogens is 1. The van der Waals surface area contributed by atoms with Gasteiger partial charge in [0.2, 0.25) is 0 Å². The van der Waals surface area contributed by atoms with Crippen LogP contribution in [0.1, 0.15) is 58.9 Å². The molecule has 2 heteroatoms. The van der Waals surface area contributed by atoms with E-state index in [1.807, 2.05) is 12.1 Å². The molecule has 0 radical (unpaired) electrons. The van der Waals surface area contributed by atoms with Gasteiger partial charge in [-0.15, -0.1) is 0 Å². The third-order valence-electron chi connectivity index (χ3n) is 4.47. The predicted molar refractivity (Wildman–Crippen MR) is 88.5 cm³/mol. The summed E-state index contributed by atoms with van der Waals surface area (Å²) < 4.78 is 0. The highest BCUT2D eigenvalue weighted by atomic mass is 35.5. The highest BCUT2D eigenvalue weighted by Gasteiger charge is 2.44. The van der Waals surface area contributed by atoms with Crippen LogP contribution >= 0.6 is 11.6 Å². The van der Waals surface area contributed by atoms with Gasteiger partial charge in [-0.3, -0.25) is 0 Å². The minimum atomic E-state index is 0.176. The Bertz CT molecular complexity index is 424. The molecular formula is C18H28ClN. The molecule has 1 aromatic carbocycles. The monoisotopic (exact) mass is 293 g/mol. The van der Waals surface area contributed by atoms with Crippen LogP contribution < -0.4 is 5.32 Å². The van der Waals surface area contributed by atoms with Crippen LogP contribution in [0.4, 0.5) is 0 Å². The van der Waals surface area contributed by atoms with E-state index in [2.05, 4.69) is 45.1 Å². The van der Waals surface area contributed by atoms with Gasteiger partial charge >= 0.3 is 0 Å². The molecule has 1 aliphatic rings. The summed E-state index contributed by atoms with van der Waals surface area (Å²) in [5.41, 5.74) is 1.94. The van der Waals surface area contributed by atoms with Crippen molar-refractivity contribution in [2.75, 3.05) is 6.54 Å². The van der Waals surface area contributed by atoms with Crippen molar-refractivity contribution in [1.82, 2.24) is 5.32 Å². The van der Waals surface area contributed by atoms with Crippen LogP contribution in [-0.2, 0) is 5.41 Å². The first-order valence-corrected chi connectivity index (χ1v) is 8.23. The van der Waals surface area contributed by atoms with Crippen molar-refractivity contribution >= 4 is 11.6 Å². The number of nitrogens with one attached hydrogen (secondary N) is 1. The van der Waals surface area contributed by atoms with Gasteiger partial charge in [-0.25, -0.2) is 0 Å². The molecule has 1 aliphatic carbocycles. The highest BCUT2D eigenvalue weighted by Crippen LogP contribution is 2.49. The van der Waals surface area contributed by atoms with E-state index in [1.165, 1.54) is 31.2 Å². The van der Waals surface area contributed by atoms with Crippen molar-refractivity contribution in [3.8, 4) is 0 Å². The summed E-state index contributed by atoms with van der Waals surface area (Å²) >= 11 is 6.04. The van der Waals surface area contributed by atoms with Crippen molar-refractivity contribution in [2.45, 2.75) is 64.3 Å². The molecule has 0 aliphatic heterocycles. The zero-order chi connectivity index (χ0) is 14.8. The van der Waals surface area contributed by atoms with Crippen LogP contribution in [0, 0.1) is 5.92 Å². The average molecular weight is 294 g/mol. The summed E-state index contributed by atoms with van der Waals surface area (Å²) in [6.07, 6.45) is 5.29. The van der Waals surface area contributed by atoms with Crippen molar-refractivity contribution < 1.29 is 0 Å². The van der Waals surface area contributed by atoms with Gasteiger partial charge in [0.15, 0.2) is 0 Å². The Kier molecular flexibility index (Phi) is 4.81. The predicted octanol–water partition coefficient (Wildman–Crippen LogP) is 5.18. The van der Waals surface area contributed by atoms with Crippen molar-refractivity contribution in [3.63, 3.8) is 0 Å². The minimum absolute atomic E-state index is 0.176. The molecule has 0 spiro atoms. The zero-order valence-electron chi connectivity index (χ0n) is 13.3. The largest absolute Gasteiger partial charge is 0.311 e. The van der Waals surface area contributed by atoms with Gasteiger partial charge in [-0.05, 0) is 57.2 Å². The lowest BCUT2D eigenvalue weighted by atomic mass is 9.57. The van der Waals surface area contributed by atoms with Crippen LogP contribution in [0.15, 0.2) is 24.3 Å². The Morgan fingerprint density at radius 3 is 2.30 bits per heavy atom. The molecule has 1 fully saturated rings. The molecule has 1 N–H and O–H groups in total. The van der Waals surface area contributed by atoms with Gasteiger partial charge in [-0.2, -0.15) is 0 Å². The number of benzene rings is 1. The Morgan fingerprint density at radius 1 is 1.20 bits per heavy atom. The highest BCUT2D eigenvalue weighted by molar-refractivity contribution is 6.30. The molecule has 1 aromatic rings. The standard InChI is InChI=1S/C18H28ClN/c1-5-6-14-11-18(12-14,13-20-17(2,3)4)15-7-9-16(19)10-8-15/h7-10,14,20H,5-6,11-13H2,1-4H3. The number of hydrogen-bond acceptors (Lipinski definition) is 1. The molecule has 1 nitrogen and oxygen atoms in total. The first-order valence-electron chi connectivity index (χ1n) is 7.86. The molecule has 0 unspecified atom stereocenters. The Hall–Kier alpha value is -0.530. The van der Waals surface area contributed by atoms with Gasteiger partial charge in [0, 0.05) is 22.5 Å². The van der Waals surface area contributed by atoms with E-state index in [-0.39, 0.29) is 5.54 Å². The van der Waals surface area contributed by atoms with E-state index in [0.717, 1.165) is 17.5 Å². The van der Waals surface area contributed by atoms with Gasteiger partial charge in [0.05, 0.1) is 0 Å². The lowest BCUT2D eigenvalue weighted by molar-refractivity contribution is 0.120. The Labute approximate surface area is 129 Å². The summed E-state index contributed by atoms with van der Waals surface area (Å²) in [4.78, 5) is 0. The summed E-state index contributed by atoms with van der Waals surface area (Å²) in [5, 5.41) is 4.54. The van der Waals surface area contributed by atoms with Crippen LogP contribution in [0.3, 0.4) is 0 Å². The molecule has 20 heavy (non-hydrogen) atoms. The van der Waals surface area contributed by atoms with Crippen molar-refractivity contribution in [1.29, 1.82) is 0 Å². The summed E-state index contributed by atoms with van der Waals surface area (Å²) in [6, 6.07) is 8.50. The van der Waals surface area contributed by atoms with Gasteiger partial charge in [0.1, 0.15) is 0 Å². The van der Waals surface area contributed by atoms with Gasteiger partial charge < -0.3 is 5.32 Å². The molecule has 1 saturated carbocycles. The topological polar surface area (TPSA) is 12.0 Å². The normalized spacial score (nSPS) is 26.4. The minimum Gasteiger partial charge on any atom is -0.311 e. The second-order valence-corrected chi connectivity index (χ2v) is 7.89. The molecule has 0 saturated heterocycles. The van der Waals surface area contributed by atoms with E-state index in [0.29, 0.717) is 5.41 Å². The first kappa shape index (κ1) is 15.9. The number of hydrogen-bond donors (Lipinski definition) is 1. The molecule has 0 aromatic heterocycles. The Morgan fingerprint density at radius 2 is 1.80 bits per heavy atom. The Balaban J connectivity index is 2.11. The van der Waals surface area contributed by atoms with E-state index < -0.39 is 0 Å². The SMILES string of the molecule is CCCC1CC(CNC(C)(C)C)(c2ccc(Cl)cc2)C1. The van der Waals surface area contributed by atoms with Crippen LogP contribution in [0.5, 0.6) is 0 Å². The smallest absolute Gasteiger partial charge is 0.0406 e. The number of rotatable bonds is 5. The van der Waals surface area contributed by atoms with Crippen molar-refractivity contribution in [3.05, 3.63) is 34.9 Å². The second kappa shape index (κ2) is 6.07. The third-order valence-corrected chi connectivity index (χ3v) is 4.72. The second-order valence-electron chi connectivity index (χ2n) is 7.45. The lowest BCUT2D eigenvalue weighted by Crippen LogP contribution is -2.52. The summed E-state index contributed by atoms with van der Waals surface area (Å²) in [5.74, 6) is 0.900. The molecular weight excluding hydrogens is 266 g/mol. The summed E-state index contributed by atoms with van der Waals surface area (Å²) in [6.45, 7) is 10.1. The first-order chi connectivity index (χ1) is 9.35. The molecule has 112 valence electrons. The van der Waals surface area contributed by atoms with Crippen LogP contribution in [-0.4, -0.2) is 12.1 Å². The van der Waals surface area contributed by atoms with E-state index in [1.54, 1.807) is 0 Å². The maximum absolute atomic E-state index is 6.04. The van der Waals surface area contributed by atoms with Gasteiger partial charge in [-0.1, -0.05) is 43.5 Å². The maximum atomic E-state index is 6.04. The molecule has 0 bridgehead atoms. The molecule has 0 amide bonds. The zero-order valence-corrected chi connectivity index (χ0v) is 14.1. The lowest BCUT2D eigenvalue weighted by Gasteiger charge is -2.50. The fourth-order valence-electron chi connectivity index (χ4n) is 3.38. The fraction of sp³-hybridized carbons (Fsp3) is 0.667. The molecule has 0 heterocycles. The quantitative estimate of drug-likeness (QED) is 0.789. The summed E-state index contributed by atoms with van der Waals surface area (Å²) in [7, 11) is 0. The fourth-order valence-corrected chi connectivity index (χ4v) is 3.50. The maximum Gasteiger partial charge on any atom is 0.0406 e. The van der Waals surface area contributed by atoms with Gasteiger partial charge in [0.25, 0.3) is 0 Å². The van der Waals surface area contributed by atoms with E-state index in [9.17, 15) is 0 Å². The molecule has 0 atom stereocenters. The third kappa shape index (κ3) is 3.77. The van der Waals surface area contributed by atoms with E-state index in [4.69, 9.17) is 11.6 Å². The van der Waals surface area contributed by atoms with E-state index >= 15 is 0 Å². The van der Waals surface area contributed by atoms with Crippen LogP contribution in [0.25, 0.3) is 0 Å².